The highest BCUT2D eigenvalue weighted by molar-refractivity contribution is 5.77. The average Bonchev–Trinajstić information content (AvgIpc) is 2.39. The van der Waals surface area contributed by atoms with Crippen molar-refractivity contribution in [1.29, 1.82) is 0 Å². The van der Waals surface area contributed by atoms with Gasteiger partial charge in [0.25, 0.3) is 0 Å². The summed E-state index contributed by atoms with van der Waals surface area (Å²) in [5.41, 5.74) is 7.67. The summed E-state index contributed by atoms with van der Waals surface area (Å²) in [6.45, 7) is 4.99. The van der Waals surface area contributed by atoms with Crippen LogP contribution in [0.4, 0.5) is 0 Å². The minimum Gasteiger partial charge on any atom is -0.370 e. The molecule has 0 aromatic heterocycles. The van der Waals surface area contributed by atoms with Gasteiger partial charge in [0.05, 0.1) is 12.6 Å². The number of nitrogens with two attached hydrogens (primary N) is 1. The number of carbonyl (C=O) groups excluding carboxylic acids is 1. The molecule has 4 heteroatoms. The molecule has 1 atom stereocenters. The zero-order valence-electron chi connectivity index (χ0n) is 11.1. The van der Waals surface area contributed by atoms with Crippen molar-refractivity contribution in [2.45, 2.75) is 26.3 Å². The maximum atomic E-state index is 11.5. The van der Waals surface area contributed by atoms with Crippen LogP contribution in [0.3, 0.4) is 0 Å². The molecular formula is C14H22N2O2. The van der Waals surface area contributed by atoms with Crippen LogP contribution in [0.25, 0.3) is 0 Å². The van der Waals surface area contributed by atoms with Gasteiger partial charge < -0.3 is 15.8 Å². The zero-order valence-corrected chi connectivity index (χ0v) is 11.1. The second kappa shape index (κ2) is 7.84. The van der Waals surface area contributed by atoms with Gasteiger partial charge >= 0.3 is 0 Å². The molecule has 0 aliphatic carbocycles. The molecule has 0 aliphatic rings. The molecule has 0 heterocycles. The van der Waals surface area contributed by atoms with E-state index >= 15 is 0 Å². The molecule has 3 N–H and O–H groups in total. The summed E-state index contributed by atoms with van der Waals surface area (Å²) in [6.07, 6.45) is 1.02. The fourth-order valence-corrected chi connectivity index (χ4v) is 1.66. The molecule has 1 aromatic rings. The Morgan fingerprint density at radius 1 is 1.39 bits per heavy atom. The van der Waals surface area contributed by atoms with Gasteiger partial charge in [-0.25, -0.2) is 0 Å². The van der Waals surface area contributed by atoms with E-state index in [1.165, 1.54) is 5.56 Å². The van der Waals surface area contributed by atoms with Crippen LogP contribution in [0, 0.1) is 0 Å². The third-order valence-electron chi connectivity index (χ3n) is 2.76. The van der Waals surface area contributed by atoms with Gasteiger partial charge in [0.15, 0.2) is 0 Å². The summed E-state index contributed by atoms with van der Waals surface area (Å²) in [4.78, 5) is 11.5. The number of amides is 1. The van der Waals surface area contributed by atoms with Crippen molar-refractivity contribution in [2.75, 3.05) is 19.8 Å². The molecule has 100 valence electrons. The molecule has 0 radical (unpaired) electrons. The van der Waals surface area contributed by atoms with E-state index in [0.29, 0.717) is 13.2 Å². The van der Waals surface area contributed by atoms with Crippen LogP contribution in [-0.4, -0.2) is 25.7 Å². The van der Waals surface area contributed by atoms with Gasteiger partial charge in [0.1, 0.15) is 6.61 Å². The lowest BCUT2D eigenvalue weighted by molar-refractivity contribution is -0.126. The number of rotatable bonds is 7. The molecule has 1 amide bonds. The van der Waals surface area contributed by atoms with Gasteiger partial charge in [0, 0.05) is 6.54 Å². The summed E-state index contributed by atoms with van der Waals surface area (Å²) in [5, 5.41) is 2.89. The topological polar surface area (TPSA) is 64.3 Å². The molecule has 0 aliphatic heterocycles. The van der Waals surface area contributed by atoms with E-state index in [2.05, 4.69) is 24.4 Å². The largest absolute Gasteiger partial charge is 0.370 e. The van der Waals surface area contributed by atoms with E-state index in [0.717, 1.165) is 12.0 Å². The normalized spacial score (nSPS) is 12.2. The van der Waals surface area contributed by atoms with Crippen molar-refractivity contribution in [3.63, 3.8) is 0 Å². The summed E-state index contributed by atoms with van der Waals surface area (Å²) < 4.78 is 5.08. The average molecular weight is 250 g/mol. The van der Waals surface area contributed by atoms with Gasteiger partial charge in [-0.2, -0.15) is 0 Å². The second-order valence-corrected chi connectivity index (χ2v) is 4.23. The first-order chi connectivity index (χ1) is 8.67. The number of benzene rings is 1. The van der Waals surface area contributed by atoms with Gasteiger partial charge in [-0.3, -0.25) is 4.79 Å². The molecule has 4 nitrogen and oxygen atoms in total. The smallest absolute Gasteiger partial charge is 0.246 e. The second-order valence-electron chi connectivity index (χ2n) is 4.23. The van der Waals surface area contributed by atoms with Crippen LogP contribution < -0.4 is 11.1 Å². The highest BCUT2D eigenvalue weighted by Gasteiger charge is 2.09. The molecular weight excluding hydrogens is 228 g/mol. The fourth-order valence-electron chi connectivity index (χ4n) is 1.66. The molecule has 0 bridgehead atoms. The van der Waals surface area contributed by atoms with E-state index in [-0.39, 0.29) is 18.6 Å². The van der Waals surface area contributed by atoms with Crippen molar-refractivity contribution in [1.82, 2.24) is 5.32 Å². The van der Waals surface area contributed by atoms with Crippen molar-refractivity contribution in [2.24, 2.45) is 5.73 Å². The van der Waals surface area contributed by atoms with Crippen LogP contribution in [0.15, 0.2) is 24.3 Å². The van der Waals surface area contributed by atoms with E-state index in [4.69, 9.17) is 10.5 Å². The van der Waals surface area contributed by atoms with Gasteiger partial charge in [-0.1, -0.05) is 31.2 Å². The maximum absolute atomic E-state index is 11.5. The van der Waals surface area contributed by atoms with Crippen LogP contribution in [0.2, 0.25) is 0 Å². The van der Waals surface area contributed by atoms with Gasteiger partial charge in [0.2, 0.25) is 5.91 Å². The molecule has 0 saturated heterocycles. The Labute approximate surface area is 109 Å². The Morgan fingerprint density at radius 2 is 2.06 bits per heavy atom. The first kappa shape index (κ1) is 14.7. The predicted molar refractivity (Wildman–Crippen MR) is 72.3 cm³/mol. The Kier molecular flexibility index (Phi) is 6.39. The van der Waals surface area contributed by atoms with Gasteiger partial charge in [-0.15, -0.1) is 0 Å². The summed E-state index contributed by atoms with van der Waals surface area (Å²) in [7, 11) is 0. The third-order valence-corrected chi connectivity index (χ3v) is 2.76. The quantitative estimate of drug-likeness (QED) is 0.719. The summed E-state index contributed by atoms with van der Waals surface area (Å²) >= 11 is 0. The lowest BCUT2D eigenvalue weighted by Gasteiger charge is -2.14. The number of nitrogens with one attached hydrogen (secondary N) is 1. The highest BCUT2D eigenvalue weighted by Crippen LogP contribution is 2.13. The molecule has 18 heavy (non-hydrogen) atoms. The number of ether oxygens (including phenoxy) is 1. The predicted octanol–water partition coefficient (Wildman–Crippen LogP) is 1.40. The Balaban J connectivity index is 2.43. The molecule has 0 fully saturated rings. The summed E-state index contributed by atoms with van der Waals surface area (Å²) in [6, 6.07) is 8.26. The minimum absolute atomic E-state index is 0.00937. The van der Waals surface area contributed by atoms with Crippen LogP contribution in [0.5, 0.6) is 0 Å². The standard InChI is InChI=1S/C14H22N2O2/c1-3-12-4-6-13(7-5-12)11(2)16-14(17)10-18-9-8-15/h4-7,11H,3,8-10,15H2,1-2H3,(H,16,17). The Hall–Kier alpha value is -1.39. The van der Waals surface area contributed by atoms with Gasteiger partial charge in [-0.05, 0) is 24.5 Å². The molecule has 1 unspecified atom stereocenters. The maximum Gasteiger partial charge on any atom is 0.246 e. The lowest BCUT2D eigenvalue weighted by Crippen LogP contribution is -2.30. The van der Waals surface area contributed by atoms with E-state index < -0.39 is 0 Å². The Bertz CT molecular complexity index is 363. The number of hydrogen-bond donors (Lipinski definition) is 2. The lowest BCUT2D eigenvalue weighted by atomic mass is 10.1. The first-order valence-corrected chi connectivity index (χ1v) is 6.33. The first-order valence-electron chi connectivity index (χ1n) is 6.33. The van der Waals surface area contributed by atoms with E-state index in [9.17, 15) is 4.79 Å². The number of aryl methyl sites for hydroxylation is 1. The zero-order chi connectivity index (χ0) is 13.4. The molecule has 1 rings (SSSR count). The molecule has 0 spiro atoms. The molecule has 0 saturated carbocycles. The van der Waals surface area contributed by atoms with Crippen LogP contribution in [-0.2, 0) is 16.0 Å². The number of hydrogen-bond acceptors (Lipinski definition) is 3. The van der Waals surface area contributed by atoms with Crippen LogP contribution >= 0.6 is 0 Å². The van der Waals surface area contributed by atoms with E-state index in [1.54, 1.807) is 0 Å². The van der Waals surface area contributed by atoms with Crippen molar-refractivity contribution < 1.29 is 9.53 Å². The van der Waals surface area contributed by atoms with Crippen molar-refractivity contribution in [3.8, 4) is 0 Å². The number of carbonyl (C=O) groups is 1. The summed E-state index contributed by atoms with van der Waals surface area (Å²) in [5.74, 6) is -0.115. The Morgan fingerprint density at radius 3 is 2.61 bits per heavy atom. The third kappa shape index (κ3) is 4.85. The van der Waals surface area contributed by atoms with Crippen molar-refractivity contribution >= 4 is 5.91 Å². The minimum atomic E-state index is -0.115. The monoisotopic (exact) mass is 250 g/mol. The fraction of sp³-hybridized carbons (Fsp3) is 0.500. The molecule has 1 aromatic carbocycles. The van der Waals surface area contributed by atoms with Crippen molar-refractivity contribution in [3.05, 3.63) is 35.4 Å². The van der Waals surface area contributed by atoms with Crippen LogP contribution in [0.1, 0.15) is 31.0 Å². The van der Waals surface area contributed by atoms with E-state index in [1.807, 2.05) is 19.1 Å². The highest BCUT2D eigenvalue weighted by atomic mass is 16.5. The SMILES string of the molecule is CCc1ccc(C(C)NC(=O)COCCN)cc1.